The Morgan fingerprint density at radius 1 is 1.44 bits per heavy atom. The number of nitrogens with zero attached hydrogens (tertiary/aromatic N) is 1. The average Bonchev–Trinajstić information content (AvgIpc) is 3.13. The largest absolute Gasteiger partial charge is 0.465 e. The first-order chi connectivity index (χ1) is 8.67. The van der Waals surface area contributed by atoms with Crippen molar-refractivity contribution in [2.45, 2.75) is 45.6 Å². The molecule has 1 N–H and O–H groups in total. The molecule has 0 aromatic carbocycles. The molecule has 18 heavy (non-hydrogen) atoms. The van der Waals surface area contributed by atoms with Crippen molar-refractivity contribution in [2.75, 3.05) is 33.3 Å². The molecule has 1 aliphatic rings. The molecule has 0 aromatic heterocycles. The third kappa shape index (κ3) is 6.36. The fourth-order valence-corrected chi connectivity index (χ4v) is 2.05. The number of nitrogens with one attached hydrogen (secondary N) is 1. The van der Waals surface area contributed by atoms with Crippen LogP contribution in [0, 0.1) is 5.92 Å². The summed E-state index contributed by atoms with van der Waals surface area (Å²) in [4.78, 5) is 14.1. The van der Waals surface area contributed by atoms with Gasteiger partial charge in [0, 0.05) is 6.54 Å². The number of rotatable bonds is 10. The molecule has 0 radical (unpaired) electrons. The van der Waals surface area contributed by atoms with Gasteiger partial charge >= 0.3 is 5.97 Å². The Balaban J connectivity index is 2.26. The first-order valence-electron chi connectivity index (χ1n) is 7.25. The normalized spacial score (nSPS) is 16.9. The third-order valence-corrected chi connectivity index (χ3v) is 3.28. The zero-order valence-corrected chi connectivity index (χ0v) is 12.1. The van der Waals surface area contributed by atoms with Gasteiger partial charge in [-0.2, -0.15) is 0 Å². The van der Waals surface area contributed by atoms with Gasteiger partial charge in [-0.1, -0.05) is 6.92 Å². The van der Waals surface area contributed by atoms with Gasteiger partial charge in [0.15, 0.2) is 0 Å². The van der Waals surface area contributed by atoms with E-state index in [0.29, 0.717) is 6.61 Å². The van der Waals surface area contributed by atoms with E-state index < -0.39 is 0 Å². The summed E-state index contributed by atoms with van der Waals surface area (Å²) in [6.07, 6.45) is 4.62. The number of esters is 1. The van der Waals surface area contributed by atoms with Crippen molar-refractivity contribution in [1.82, 2.24) is 10.2 Å². The zero-order chi connectivity index (χ0) is 13.4. The van der Waals surface area contributed by atoms with Gasteiger partial charge in [0.25, 0.3) is 0 Å². The third-order valence-electron chi connectivity index (χ3n) is 3.28. The van der Waals surface area contributed by atoms with E-state index in [-0.39, 0.29) is 12.0 Å². The Hall–Kier alpha value is -0.610. The van der Waals surface area contributed by atoms with Crippen LogP contribution in [0.4, 0.5) is 0 Å². The first kappa shape index (κ1) is 15.4. The number of carbonyl (C=O) groups is 1. The van der Waals surface area contributed by atoms with E-state index in [2.05, 4.69) is 24.2 Å². The second-order valence-electron chi connectivity index (χ2n) is 5.25. The van der Waals surface area contributed by atoms with Crippen molar-refractivity contribution in [1.29, 1.82) is 0 Å². The summed E-state index contributed by atoms with van der Waals surface area (Å²) in [6.45, 7) is 7.42. The molecule has 106 valence electrons. The van der Waals surface area contributed by atoms with Crippen LogP contribution in [0.2, 0.25) is 0 Å². The van der Waals surface area contributed by atoms with Gasteiger partial charge in [0.1, 0.15) is 6.04 Å². The SMILES string of the molecule is CCCNC(CCN(C)CC1CC1)C(=O)OCC. The Morgan fingerprint density at radius 2 is 2.17 bits per heavy atom. The summed E-state index contributed by atoms with van der Waals surface area (Å²) < 4.78 is 5.11. The molecule has 1 aliphatic carbocycles. The van der Waals surface area contributed by atoms with Crippen LogP contribution >= 0.6 is 0 Å². The van der Waals surface area contributed by atoms with E-state index in [1.54, 1.807) is 0 Å². The highest BCUT2D eigenvalue weighted by Gasteiger charge is 2.24. The van der Waals surface area contributed by atoms with Crippen molar-refractivity contribution in [2.24, 2.45) is 5.92 Å². The maximum Gasteiger partial charge on any atom is 0.323 e. The van der Waals surface area contributed by atoms with Gasteiger partial charge in [0.2, 0.25) is 0 Å². The Kier molecular flexibility index (Phi) is 7.28. The van der Waals surface area contributed by atoms with E-state index in [9.17, 15) is 4.79 Å². The van der Waals surface area contributed by atoms with Crippen LogP contribution in [-0.2, 0) is 9.53 Å². The lowest BCUT2D eigenvalue weighted by molar-refractivity contribution is -0.145. The smallest absolute Gasteiger partial charge is 0.323 e. The summed E-state index contributed by atoms with van der Waals surface area (Å²) in [5.74, 6) is 0.797. The maximum absolute atomic E-state index is 11.8. The van der Waals surface area contributed by atoms with Gasteiger partial charge in [-0.25, -0.2) is 0 Å². The fourth-order valence-electron chi connectivity index (χ4n) is 2.05. The molecule has 1 fully saturated rings. The van der Waals surface area contributed by atoms with Gasteiger partial charge < -0.3 is 15.0 Å². The molecule has 0 amide bonds. The molecule has 0 aromatic rings. The highest BCUT2D eigenvalue weighted by molar-refractivity contribution is 5.75. The molecule has 0 heterocycles. The van der Waals surface area contributed by atoms with E-state index in [1.807, 2.05) is 6.92 Å². The molecular weight excluding hydrogens is 228 g/mol. The molecule has 4 nitrogen and oxygen atoms in total. The number of ether oxygens (including phenoxy) is 1. The average molecular weight is 256 g/mol. The minimum absolute atomic E-state index is 0.106. The second-order valence-corrected chi connectivity index (χ2v) is 5.25. The molecule has 0 saturated heterocycles. The van der Waals surface area contributed by atoms with Gasteiger partial charge in [-0.3, -0.25) is 4.79 Å². The lowest BCUT2D eigenvalue weighted by atomic mass is 10.2. The quantitative estimate of drug-likeness (QED) is 0.604. The molecule has 1 saturated carbocycles. The van der Waals surface area contributed by atoms with Crippen LogP contribution in [-0.4, -0.2) is 50.2 Å². The molecule has 1 unspecified atom stereocenters. The summed E-state index contributed by atoms with van der Waals surface area (Å²) >= 11 is 0. The van der Waals surface area contributed by atoms with Gasteiger partial charge in [-0.15, -0.1) is 0 Å². The zero-order valence-electron chi connectivity index (χ0n) is 12.1. The van der Waals surface area contributed by atoms with Crippen molar-refractivity contribution < 1.29 is 9.53 Å². The molecule has 0 aliphatic heterocycles. The van der Waals surface area contributed by atoms with Gasteiger partial charge in [-0.05, 0) is 58.7 Å². The standard InChI is InChI=1S/C14H28N2O2/c1-4-9-15-13(14(17)18-5-2)8-10-16(3)11-12-6-7-12/h12-13,15H,4-11H2,1-3H3. The first-order valence-corrected chi connectivity index (χ1v) is 7.25. The van der Waals surface area contributed by atoms with Crippen LogP contribution in [0.25, 0.3) is 0 Å². The highest BCUT2D eigenvalue weighted by atomic mass is 16.5. The number of carbonyl (C=O) groups excluding carboxylic acids is 1. The lowest BCUT2D eigenvalue weighted by Gasteiger charge is -2.21. The fraction of sp³-hybridized carbons (Fsp3) is 0.929. The molecule has 1 rings (SSSR count). The molecule has 4 heteroatoms. The predicted molar refractivity (Wildman–Crippen MR) is 73.6 cm³/mol. The van der Waals surface area contributed by atoms with E-state index >= 15 is 0 Å². The van der Waals surface area contributed by atoms with Crippen molar-refractivity contribution in [3.63, 3.8) is 0 Å². The van der Waals surface area contributed by atoms with E-state index in [1.165, 1.54) is 19.4 Å². The topological polar surface area (TPSA) is 41.6 Å². The minimum Gasteiger partial charge on any atom is -0.465 e. The summed E-state index contributed by atoms with van der Waals surface area (Å²) in [5.41, 5.74) is 0. The monoisotopic (exact) mass is 256 g/mol. The minimum atomic E-state index is -0.147. The van der Waals surface area contributed by atoms with E-state index in [0.717, 1.165) is 31.8 Å². The van der Waals surface area contributed by atoms with Crippen LogP contribution in [0.5, 0.6) is 0 Å². The van der Waals surface area contributed by atoms with Crippen molar-refractivity contribution in [3.05, 3.63) is 0 Å². The maximum atomic E-state index is 11.8. The van der Waals surface area contributed by atoms with Crippen molar-refractivity contribution in [3.8, 4) is 0 Å². The highest BCUT2D eigenvalue weighted by Crippen LogP contribution is 2.29. The van der Waals surface area contributed by atoms with Crippen LogP contribution in [0.3, 0.4) is 0 Å². The second kappa shape index (κ2) is 8.48. The van der Waals surface area contributed by atoms with Crippen LogP contribution in [0.1, 0.15) is 39.5 Å². The molecule has 1 atom stereocenters. The lowest BCUT2D eigenvalue weighted by Crippen LogP contribution is -2.41. The summed E-state index contributed by atoms with van der Waals surface area (Å²) in [7, 11) is 2.14. The summed E-state index contributed by atoms with van der Waals surface area (Å²) in [6, 6.07) is -0.147. The molecule has 0 bridgehead atoms. The Bertz CT molecular complexity index is 242. The summed E-state index contributed by atoms with van der Waals surface area (Å²) in [5, 5.41) is 3.28. The number of hydrogen-bond donors (Lipinski definition) is 1. The predicted octanol–water partition coefficient (Wildman–Crippen LogP) is 1.65. The Labute approximate surface area is 111 Å². The Morgan fingerprint density at radius 3 is 2.72 bits per heavy atom. The van der Waals surface area contributed by atoms with Gasteiger partial charge in [0.05, 0.1) is 6.61 Å². The number of hydrogen-bond acceptors (Lipinski definition) is 4. The molecular formula is C14H28N2O2. The van der Waals surface area contributed by atoms with E-state index in [4.69, 9.17) is 4.74 Å². The molecule has 0 spiro atoms. The van der Waals surface area contributed by atoms with Crippen molar-refractivity contribution >= 4 is 5.97 Å². The van der Waals surface area contributed by atoms with Crippen LogP contribution in [0.15, 0.2) is 0 Å². The van der Waals surface area contributed by atoms with Crippen LogP contribution < -0.4 is 5.32 Å².